The Hall–Kier alpha value is -2.41. The molecule has 21 heavy (non-hydrogen) atoms. The molecule has 1 aromatic carbocycles. The number of halogens is 1. The van der Waals surface area contributed by atoms with Crippen molar-refractivity contribution in [2.75, 3.05) is 0 Å². The van der Waals surface area contributed by atoms with Gasteiger partial charge >= 0.3 is 5.97 Å². The fraction of sp³-hybridized carbons (Fsp3) is 0.0714. The molecule has 3 rings (SSSR count). The van der Waals surface area contributed by atoms with Crippen LogP contribution in [-0.4, -0.2) is 16.2 Å². The minimum Gasteiger partial charge on any atom is -0.457 e. The van der Waals surface area contributed by atoms with Crippen LogP contribution in [-0.2, 0) is 11.3 Å². The fourth-order valence-electron chi connectivity index (χ4n) is 1.65. The Morgan fingerprint density at radius 3 is 2.81 bits per heavy atom. The Morgan fingerprint density at radius 2 is 2.05 bits per heavy atom. The molecule has 0 saturated carbocycles. The van der Waals surface area contributed by atoms with Gasteiger partial charge in [0.05, 0.1) is 11.8 Å². The van der Waals surface area contributed by atoms with Gasteiger partial charge in [-0.2, -0.15) is 0 Å². The molecule has 0 aliphatic rings. The van der Waals surface area contributed by atoms with E-state index in [-0.39, 0.29) is 18.3 Å². The zero-order chi connectivity index (χ0) is 14.7. The standard InChI is InChI=1S/C14H9BrN2O4/c15-10-5-2-1-4-9(10)13-17-16-12(21-13)8-20-14(18)11-6-3-7-19-11/h1-7H,8H2. The van der Waals surface area contributed by atoms with Gasteiger partial charge in [0.1, 0.15) is 0 Å². The first-order chi connectivity index (χ1) is 10.2. The van der Waals surface area contributed by atoms with Gasteiger partial charge in [0.25, 0.3) is 5.89 Å². The van der Waals surface area contributed by atoms with Gasteiger partial charge in [-0.1, -0.05) is 12.1 Å². The Kier molecular flexibility index (Phi) is 3.83. The maximum Gasteiger partial charge on any atom is 0.374 e. The molecule has 0 spiro atoms. The molecule has 0 radical (unpaired) electrons. The average molecular weight is 349 g/mol. The van der Waals surface area contributed by atoms with Gasteiger partial charge in [-0.3, -0.25) is 0 Å². The first kappa shape index (κ1) is 13.6. The predicted molar refractivity (Wildman–Crippen MR) is 75.3 cm³/mol. The number of hydrogen-bond acceptors (Lipinski definition) is 6. The van der Waals surface area contributed by atoms with Crippen molar-refractivity contribution < 1.29 is 18.4 Å². The largest absolute Gasteiger partial charge is 0.457 e. The van der Waals surface area contributed by atoms with Crippen LogP contribution in [0.2, 0.25) is 0 Å². The quantitative estimate of drug-likeness (QED) is 0.672. The van der Waals surface area contributed by atoms with Crippen LogP contribution in [0.25, 0.3) is 11.5 Å². The molecule has 2 aromatic heterocycles. The van der Waals surface area contributed by atoms with Gasteiger partial charge < -0.3 is 13.6 Å². The van der Waals surface area contributed by atoms with E-state index in [4.69, 9.17) is 13.6 Å². The lowest BCUT2D eigenvalue weighted by atomic mass is 10.2. The van der Waals surface area contributed by atoms with Crippen molar-refractivity contribution in [3.63, 3.8) is 0 Å². The van der Waals surface area contributed by atoms with E-state index in [1.165, 1.54) is 12.3 Å². The summed E-state index contributed by atoms with van der Waals surface area (Å²) in [6, 6.07) is 10.6. The maximum absolute atomic E-state index is 11.6. The summed E-state index contributed by atoms with van der Waals surface area (Å²) in [6.07, 6.45) is 1.40. The van der Waals surface area contributed by atoms with Crippen molar-refractivity contribution in [3.8, 4) is 11.5 Å². The average Bonchev–Trinajstić information content (AvgIpc) is 3.17. The first-order valence-electron chi connectivity index (χ1n) is 6.02. The third-order valence-corrected chi connectivity index (χ3v) is 3.31. The molecule has 7 heteroatoms. The van der Waals surface area contributed by atoms with Crippen molar-refractivity contribution in [3.05, 3.63) is 58.8 Å². The van der Waals surface area contributed by atoms with E-state index in [0.717, 1.165) is 10.0 Å². The number of benzene rings is 1. The monoisotopic (exact) mass is 348 g/mol. The molecule has 106 valence electrons. The lowest BCUT2D eigenvalue weighted by Gasteiger charge is -1.99. The Morgan fingerprint density at radius 1 is 1.19 bits per heavy atom. The second-order valence-corrected chi connectivity index (χ2v) is 4.89. The molecule has 0 amide bonds. The van der Waals surface area contributed by atoms with E-state index in [1.54, 1.807) is 6.07 Å². The number of carbonyl (C=O) groups excluding carboxylic acids is 1. The molecule has 0 fully saturated rings. The molecule has 3 aromatic rings. The van der Waals surface area contributed by atoms with Crippen molar-refractivity contribution in [2.24, 2.45) is 0 Å². The summed E-state index contributed by atoms with van der Waals surface area (Å²) in [4.78, 5) is 11.6. The number of carbonyl (C=O) groups is 1. The molecule has 0 aliphatic carbocycles. The molecule has 0 bridgehead atoms. The van der Waals surface area contributed by atoms with E-state index in [1.807, 2.05) is 24.3 Å². The topological polar surface area (TPSA) is 78.4 Å². The van der Waals surface area contributed by atoms with E-state index >= 15 is 0 Å². The Balaban J connectivity index is 1.69. The molecule has 2 heterocycles. The van der Waals surface area contributed by atoms with E-state index < -0.39 is 5.97 Å². The molecule has 0 atom stereocenters. The predicted octanol–water partition coefficient (Wildman–Crippen LogP) is 3.45. The second kappa shape index (κ2) is 5.92. The highest BCUT2D eigenvalue weighted by molar-refractivity contribution is 9.10. The smallest absolute Gasteiger partial charge is 0.374 e. The van der Waals surface area contributed by atoms with Gasteiger partial charge in [0.15, 0.2) is 6.61 Å². The lowest BCUT2D eigenvalue weighted by molar-refractivity contribution is 0.0402. The normalized spacial score (nSPS) is 10.5. The number of rotatable bonds is 4. The Bertz CT molecular complexity index is 752. The molecular formula is C14H9BrN2O4. The van der Waals surface area contributed by atoms with Crippen LogP contribution in [0.1, 0.15) is 16.4 Å². The molecule has 6 nitrogen and oxygen atoms in total. The van der Waals surface area contributed by atoms with Crippen LogP contribution in [0.15, 0.2) is 56.0 Å². The molecule has 0 saturated heterocycles. The van der Waals surface area contributed by atoms with E-state index in [0.29, 0.717) is 5.89 Å². The Labute approximate surface area is 127 Å². The number of aromatic nitrogens is 2. The number of hydrogen-bond donors (Lipinski definition) is 0. The second-order valence-electron chi connectivity index (χ2n) is 4.03. The van der Waals surface area contributed by atoms with Crippen LogP contribution < -0.4 is 0 Å². The minimum absolute atomic E-state index is 0.114. The van der Waals surface area contributed by atoms with E-state index in [9.17, 15) is 4.79 Å². The van der Waals surface area contributed by atoms with Crippen LogP contribution >= 0.6 is 15.9 Å². The van der Waals surface area contributed by atoms with E-state index in [2.05, 4.69) is 26.1 Å². The van der Waals surface area contributed by atoms with Crippen LogP contribution in [0.4, 0.5) is 0 Å². The summed E-state index contributed by atoms with van der Waals surface area (Å²) in [5.41, 5.74) is 0.772. The molecule has 0 aliphatic heterocycles. The number of esters is 1. The first-order valence-corrected chi connectivity index (χ1v) is 6.81. The van der Waals surface area contributed by atoms with Gasteiger partial charge in [0, 0.05) is 4.47 Å². The van der Waals surface area contributed by atoms with Crippen molar-refractivity contribution >= 4 is 21.9 Å². The summed E-state index contributed by atoms with van der Waals surface area (Å²) in [5, 5.41) is 7.77. The third-order valence-electron chi connectivity index (χ3n) is 2.62. The van der Waals surface area contributed by atoms with Crippen molar-refractivity contribution in [2.45, 2.75) is 6.61 Å². The summed E-state index contributed by atoms with van der Waals surface area (Å²) in [6.45, 7) is -0.114. The lowest BCUT2D eigenvalue weighted by Crippen LogP contribution is -2.04. The van der Waals surface area contributed by atoms with Crippen LogP contribution in [0.5, 0.6) is 0 Å². The zero-order valence-electron chi connectivity index (χ0n) is 10.7. The van der Waals surface area contributed by atoms with Crippen molar-refractivity contribution in [1.82, 2.24) is 10.2 Å². The van der Waals surface area contributed by atoms with Gasteiger partial charge in [-0.15, -0.1) is 10.2 Å². The SMILES string of the molecule is O=C(OCc1nnc(-c2ccccc2Br)o1)c1ccco1. The van der Waals surface area contributed by atoms with Crippen LogP contribution in [0.3, 0.4) is 0 Å². The summed E-state index contributed by atoms with van der Waals surface area (Å²) in [5.74, 6) is 0.105. The summed E-state index contributed by atoms with van der Waals surface area (Å²) in [7, 11) is 0. The van der Waals surface area contributed by atoms with Gasteiger partial charge in [-0.25, -0.2) is 4.79 Å². The highest BCUT2D eigenvalue weighted by Crippen LogP contribution is 2.26. The molecular weight excluding hydrogens is 340 g/mol. The zero-order valence-corrected chi connectivity index (χ0v) is 12.2. The van der Waals surface area contributed by atoms with Gasteiger partial charge in [-0.05, 0) is 40.2 Å². The van der Waals surface area contributed by atoms with Gasteiger partial charge in [0.2, 0.25) is 11.7 Å². The fourth-order valence-corrected chi connectivity index (χ4v) is 2.10. The molecule has 0 N–H and O–H groups in total. The third kappa shape index (κ3) is 3.03. The highest BCUT2D eigenvalue weighted by Gasteiger charge is 2.14. The molecule has 0 unspecified atom stereocenters. The summed E-state index contributed by atoms with van der Waals surface area (Å²) < 4.78 is 16.2. The minimum atomic E-state index is -0.583. The highest BCUT2D eigenvalue weighted by atomic mass is 79.9. The number of nitrogens with zero attached hydrogens (tertiary/aromatic N) is 2. The maximum atomic E-state index is 11.6. The summed E-state index contributed by atoms with van der Waals surface area (Å²) >= 11 is 3.41. The van der Waals surface area contributed by atoms with Crippen LogP contribution in [0, 0.1) is 0 Å². The van der Waals surface area contributed by atoms with Crippen molar-refractivity contribution in [1.29, 1.82) is 0 Å². The number of furan rings is 1. The number of ether oxygens (including phenoxy) is 1.